The van der Waals surface area contributed by atoms with Crippen molar-refractivity contribution in [2.75, 3.05) is 13.2 Å². The first kappa shape index (κ1) is 18.8. The van der Waals surface area contributed by atoms with Crippen molar-refractivity contribution >= 4 is 6.09 Å². The number of nitrogens with zero attached hydrogens (tertiary/aromatic N) is 1. The number of carbonyl (C=O) groups excluding carboxylic acids is 1. The number of ether oxygens (including phenoxy) is 1. The van der Waals surface area contributed by atoms with Crippen LogP contribution in [0.15, 0.2) is 12.1 Å². The maximum Gasteiger partial charge on any atom is 0.411 e. The van der Waals surface area contributed by atoms with E-state index in [2.05, 4.69) is 5.92 Å². The molecule has 0 radical (unpaired) electrons. The van der Waals surface area contributed by atoms with Crippen molar-refractivity contribution in [3.63, 3.8) is 0 Å². The molecule has 4 nitrogen and oxygen atoms in total. The van der Waals surface area contributed by atoms with E-state index in [0.29, 0.717) is 12.1 Å². The average molecular weight is 329 g/mol. The number of halogens is 3. The Hall–Kier alpha value is -2.20. The van der Waals surface area contributed by atoms with Crippen LogP contribution < -0.4 is 0 Å². The summed E-state index contributed by atoms with van der Waals surface area (Å²) in [4.78, 5) is 13.1. The summed E-state index contributed by atoms with van der Waals surface area (Å²) in [6.45, 7) is 3.95. The summed E-state index contributed by atoms with van der Waals surface area (Å²) in [5.74, 6) is -2.28. The number of amides is 1. The maximum atomic E-state index is 13.4. The molecular weight excluding hydrogens is 311 g/mol. The molecule has 0 aromatic heterocycles. The minimum Gasteiger partial charge on any atom is -0.444 e. The van der Waals surface area contributed by atoms with Crippen LogP contribution in [0.4, 0.5) is 18.0 Å². The number of benzene rings is 1. The van der Waals surface area contributed by atoms with E-state index >= 15 is 0 Å². The van der Waals surface area contributed by atoms with E-state index in [0.717, 1.165) is 4.90 Å². The summed E-state index contributed by atoms with van der Waals surface area (Å²) in [5, 5.41) is 9.52. The normalized spacial score (nSPS) is 12.4. The standard InChI is InChI=1S/C16H18F3NO3/c1-5-6-20(15(22)23-16(2,3)4)13(9-21)10-7-11(17)14(19)12(18)8-10/h1,7-8,13,21H,6,9H2,2-4H3. The van der Waals surface area contributed by atoms with Crippen molar-refractivity contribution in [2.24, 2.45) is 0 Å². The Bertz CT molecular complexity index is 597. The van der Waals surface area contributed by atoms with Crippen molar-refractivity contribution in [1.82, 2.24) is 4.90 Å². The van der Waals surface area contributed by atoms with Crippen molar-refractivity contribution in [3.8, 4) is 12.3 Å². The van der Waals surface area contributed by atoms with E-state index in [1.165, 1.54) is 0 Å². The highest BCUT2D eigenvalue weighted by Crippen LogP contribution is 2.25. The van der Waals surface area contributed by atoms with Crippen LogP contribution in [0, 0.1) is 29.8 Å². The first-order valence-corrected chi connectivity index (χ1v) is 6.79. The number of carbonyl (C=O) groups is 1. The SMILES string of the molecule is C#CCN(C(=O)OC(C)(C)C)C(CO)c1cc(F)c(F)c(F)c1. The number of terminal acetylenes is 1. The molecule has 0 aliphatic rings. The average Bonchev–Trinajstić information content (AvgIpc) is 2.42. The lowest BCUT2D eigenvalue weighted by molar-refractivity contribution is 0.0124. The second kappa shape index (κ2) is 7.38. The molecule has 0 spiro atoms. The third-order valence-electron chi connectivity index (χ3n) is 2.83. The van der Waals surface area contributed by atoms with Crippen LogP contribution in [-0.2, 0) is 4.74 Å². The second-order valence-electron chi connectivity index (χ2n) is 5.81. The van der Waals surface area contributed by atoms with Gasteiger partial charge in [-0.15, -0.1) is 6.42 Å². The van der Waals surface area contributed by atoms with E-state index in [1.807, 2.05) is 0 Å². The lowest BCUT2D eigenvalue weighted by Gasteiger charge is -2.31. The van der Waals surface area contributed by atoms with Crippen LogP contribution >= 0.6 is 0 Å². The fourth-order valence-corrected chi connectivity index (χ4v) is 1.87. The maximum absolute atomic E-state index is 13.4. The fraction of sp³-hybridized carbons (Fsp3) is 0.438. The summed E-state index contributed by atoms with van der Waals surface area (Å²) in [7, 11) is 0. The van der Waals surface area contributed by atoms with E-state index < -0.39 is 41.8 Å². The van der Waals surface area contributed by atoms with E-state index in [1.54, 1.807) is 20.8 Å². The minimum absolute atomic E-state index is 0.134. The topological polar surface area (TPSA) is 49.8 Å². The Balaban J connectivity index is 3.22. The number of hydrogen-bond acceptors (Lipinski definition) is 3. The zero-order valence-electron chi connectivity index (χ0n) is 13.1. The highest BCUT2D eigenvalue weighted by molar-refractivity contribution is 5.69. The molecule has 0 bridgehead atoms. The minimum atomic E-state index is -1.63. The molecule has 0 aliphatic carbocycles. The largest absolute Gasteiger partial charge is 0.444 e. The Morgan fingerprint density at radius 2 is 1.87 bits per heavy atom. The van der Waals surface area contributed by atoms with E-state index in [9.17, 15) is 23.1 Å². The van der Waals surface area contributed by atoms with Gasteiger partial charge in [-0.2, -0.15) is 0 Å². The van der Waals surface area contributed by atoms with Crippen LogP contribution in [0.3, 0.4) is 0 Å². The molecule has 1 unspecified atom stereocenters. The molecule has 0 aliphatic heterocycles. The van der Waals surface area contributed by atoms with Crippen LogP contribution in [0.25, 0.3) is 0 Å². The van der Waals surface area contributed by atoms with Gasteiger partial charge in [0.25, 0.3) is 0 Å². The Kier molecular flexibility index (Phi) is 6.05. The summed E-state index contributed by atoms with van der Waals surface area (Å²) in [6.07, 6.45) is 4.33. The van der Waals surface area contributed by atoms with Crippen LogP contribution in [-0.4, -0.2) is 34.9 Å². The molecule has 1 aromatic carbocycles. The third-order valence-corrected chi connectivity index (χ3v) is 2.83. The van der Waals surface area contributed by atoms with Crippen molar-refractivity contribution < 1.29 is 27.8 Å². The van der Waals surface area contributed by atoms with Crippen LogP contribution in [0.5, 0.6) is 0 Å². The molecule has 1 atom stereocenters. The molecule has 1 N–H and O–H groups in total. The van der Waals surface area contributed by atoms with E-state index in [-0.39, 0.29) is 12.1 Å². The van der Waals surface area contributed by atoms with Gasteiger partial charge >= 0.3 is 6.09 Å². The Morgan fingerprint density at radius 3 is 2.26 bits per heavy atom. The Morgan fingerprint density at radius 1 is 1.35 bits per heavy atom. The molecule has 0 heterocycles. The third kappa shape index (κ3) is 4.89. The predicted octanol–water partition coefficient (Wildman–Crippen LogP) is 3.01. The zero-order chi connectivity index (χ0) is 17.8. The number of rotatable bonds is 4. The highest BCUT2D eigenvalue weighted by atomic mass is 19.2. The van der Waals surface area contributed by atoms with Crippen molar-refractivity contribution in [3.05, 3.63) is 35.1 Å². The van der Waals surface area contributed by atoms with Gasteiger partial charge in [0.2, 0.25) is 0 Å². The fourth-order valence-electron chi connectivity index (χ4n) is 1.87. The lowest BCUT2D eigenvalue weighted by atomic mass is 10.1. The first-order chi connectivity index (χ1) is 10.6. The summed E-state index contributed by atoms with van der Waals surface area (Å²) >= 11 is 0. The molecule has 126 valence electrons. The van der Waals surface area contributed by atoms with Gasteiger partial charge in [-0.25, -0.2) is 18.0 Å². The highest BCUT2D eigenvalue weighted by Gasteiger charge is 2.29. The molecule has 0 saturated carbocycles. The number of hydrogen-bond donors (Lipinski definition) is 1. The van der Waals surface area contributed by atoms with Gasteiger partial charge in [-0.05, 0) is 38.5 Å². The molecule has 1 amide bonds. The molecule has 0 saturated heterocycles. The number of aliphatic hydroxyl groups excluding tert-OH is 1. The molecule has 1 aromatic rings. The summed E-state index contributed by atoms with van der Waals surface area (Å²) < 4.78 is 45.0. The molecule has 23 heavy (non-hydrogen) atoms. The molecule has 7 heteroatoms. The van der Waals surface area contributed by atoms with Crippen molar-refractivity contribution in [1.29, 1.82) is 0 Å². The van der Waals surface area contributed by atoms with Gasteiger partial charge in [-0.1, -0.05) is 5.92 Å². The first-order valence-electron chi connectivity index (χ1n) is 6.79. The van der Waals surface area contributed by atoms with Gasteiger partial charge in [0.05, 0.1) is 19.2 Å². The molecule has 0 fully saturated rings. The molecular formula is C16H18F3NO3. The van der Waals surface area contributed by atoms with Crippen LogP contribution in [0.1, 0.15) is 32.4 Å². The van der Waals surface area contributed by atoms with Gasteiger partial charge < -0.3 is 9.84 Å². The lowest BCUT2D eigenvalue weighted by Crippen LogP contribution is -2.41. The number of aliphatic hydroxyl groups is 1. The summed E-state index contributed by atoms with van der Waals surface area (Å²) in [6, 6.07) is 0.228. The van der Waals surface area contributed by atoms with Gasteiger partial charge in [-0.3, -0.25) is 4.90 Å². The van der Waals surface area contributed by atoms with Gasteiger partial charge in [0, 0.05) is 0 Å². The zero-order valence-corrected chi connectivity index (χ0v) is 13.1. The summed E-state index contributed by atoms with van der Waals surface area (Å²) in [5.41, 5.74) is -0.964. The Labute approximate surface area is 132 Å². The van der Waals surface area contributed by atoms with Gasteiger partial charge in [0.1, 0.15) is 5.60 Å². The second-order valence-corrected chi connectivity index (χ2v) is 5.81. The van der Waals surface area contributed by atoms with E-state index in [4.69, 9.17) is 11.2 Å². The van der Waals surface area contributed by atoms with Crippen LogP contribution in [0.2, 0.25) is 0 Å². The smallest absolute Gasteiger partial charge is 0.411 e. The predicted molar refractivity (Wildman–Crippen MR) is 77.9 cm³/mol. The molecule has 1 rings (SSSR count). The van der Waals surface area contributed by atoms with Gasteiger partial charge in [0.15, 0.2) is 17.5 Å². The quantitative estimate of drug-likeness (QED) is 0.682. The van der Waals surface area contributed by atoms with Crippen molar-refractivity contribution in [2.45, 2.75) is 32.4 Å². The monoisotopic (exact) mass is 329 g/mol.